The van der Waals surface area contributed by atoms with Gasteiger partial charge in [0.1, 0.15) is 11.6 Å². The summed E-state index contributed by atoms with van der Waals surface area (Å²) in [5.74, 6) is 1.21. The minimum atomic E-state index is -0.280. The van der Waals surface area contributed by atoms with Gasteiger partial charge in [0.05, 0.1) is 6.10 Å². The molecule has 0 spiro atoms. The molecular formula is C19H24N4O2. The van der Waals surface area contributed by atoms with Crippen LogP contribution in [0.1, 0.15) is 50.0 Å². The molecule has 0 aliphatic heterocycles. The molecule has 1 aromatic carbocycles. The zero-order chi connectivity index (χ0) is 17.6. The van der Waals surface area contributed by atoms with Crippen molar-refractivity contribution in [3.63, 3.8) is 0 Å². The summed E-state index contributed by atoms with van der Waals surface area (Å²) in [7, 11) is 0. The van der Waals surface area contributed by atoms with Crippen LogP contribution in [0.2, 0.25) is 0 Å². The van der Waals surface area contributed by atoms with E-state index >= 15 is 0 Å². The Morgan fingerprint density at radius 2 is 1.80 bits per heavy atom. The van der Waals surface area contributed by atoms with E-state index in [0.29, 0.717) is 17.4 Å². The minimum absolute atomic E-state index is 0.118. The summed E-state index contributed by atoms with van der Waals surface area (Å²) in [6.45, 7) is 3.94. The van der Waals surface area contributed by atoms with Gasteiger partial charge in [0.25, 0.3) is 5.91 Å². The SMILES string of the molecule is CC(C)Oc1ccc(NC(=O)c2ccc(NC3CCCC3)nn2)cc1. The number of amides is 1. The fourth-order valence-electron chi connectivity index (χ4n) is 2.89. The van der Waals surface area contributed by atoms with Gasteiger partial charge in [-0.3, -0.25) is 4.79 Å². The van der Waals surface area contributed by atoms with E-state index in [1.807, 2.05) is 26.0 Å². The third-order valence-corrected chi connectivity index (χ3v) is 4.09. The fourth-order valence-corrected chi connectivity index (χ4v) is 2.89. The molecule has 1 aliphatic rings. The Morgan fingerprint density at radius 3 is 2.40 bits per heavy atom. The van der Waals surface area contributed by atoms with E-state index in [4.69, 9.17) is 4.74 Å². The van der Waals surface area contributed by atoms with Crippen LogP contribution in [0.5, 0.6) is 5.75 Å². The molecule has 0 unspecified atom stereocenters. The maximum atomic E-state index is 12.3. The standard InChI is InChI=1S/C19H24N4O2/c1-13(2)25-16-9-7-15(8-10-16)21-19(24)17-11-12-18(23-22-17)20-14-5-3-4-6-14/h7-14H,3-6H2,1-2H3,(H,20,23)(H,21,24). The molecule has 25 heavy (non-hydrogen) atoms. The van der Waals surface area contributed by atoms with Gasteiger partial charge in [-0.15, -0.1) is 10.2 Å². The van der Waals surface area contributed by atoms with Gasteiger partial charge in [0, 0.05) is 11.7 Å². The first kappa shape index (κ1) is 17.2. The number of carbonyl (C=O) groups excluding carboxylic acids is 1. The van der Waals surface area contributed by atoms with Crippen LogP contribution in [-0.4, -0.2) is 28.3 Å². The van der Waals surface area contributed by atoms with Gasteiger partial charge >= 0.3 is 0 Å². The van der Waals surface area contributed by atoms with Crippen LogP contribution in [0.4, 0.5) is 11.5 Å². The summed E-state index contributed by atoms with van der Waals surface area (Å²) in [6.07, 6.45) is 4.96. The van der Waals surface area contributed by atoms with Crippen molar-refractivity contribution in [3.8, 4) is 5.75 Å². The first-order valence-electron chi connectivity index (χ1n) is 8.78. The largest absolute Gasteiger partial charge is 0.491 e. The number of aromatic nitrogens is 2. The number of nitrogens with zero attached hydrogens (tertiary/aromatic N) is 2. The molecule has 0 atom stereocenters. The Hall–Kier alpha value is -2.63. The molecule has 1 aromatic heterocycles. The molecule has 2 aromatic rings. The summed E-state index contributed by atoms with van der Waals surface area (Å²) < 4.78 is 5.58. The highest BCUT2D eigenvalue weighted by Gasteiger charge is 2.15. The zero-order valence-electron chi connectivity index (χ0n) is 14.7. The van der Waals surface area contributed by atoms with Crippen molar-refractivity contribution in [1.82, 2.24) is 10.2 Å². The molecule has 0 saturated heterocycles. The summed E-state index contributed by atoms with van der Waals surface area (Å²) in [5, 5.41) is 14.3. The van der Waals surface area contributed by atoms with Gasteiger partial charge in [-0.2, -0.15) is 0 Å². The highest BCUT2D eigenvalue weighted by atomic mass is 16.5. The Bertz CT molecular complexity index is 692. The third-order valence-electron chi connectivity index (χ3n) is 4.09. The Morgan fingerprint density at radius 1 is 1.08 bits per heavy atom. The lowest BCUT2D eigenvalue weighted by Gasteiger charge is -2.12. The Balaban J connectivity index is 1.57. The van der Waals surface area contributed by atoms with Crippen LogP contribution < -0.4 is 15.4 Å². The predicted octanol–water partition coefficient (Wildman–Crippen LogP) is 3.87. The van der Waals surface area contributed by atoms with E-state index in [2.05, 4.69) is 20.8 Å². The second-order valence-corrected chi connectivity index (χ2v) is 6.57. The molecule has 2 N–H and O–H groups in total. The van der Waals surface area contributed by atoms with E-state index in [0.717, 1.165) is 11.6 Å². The van der Waals surface area contributed by atoms with Crippen LogP contribution >= 0.6 is 0 Å². The van der Waals surface area contributed by atoms with E-state index in [9.17, 15) is 4.79 Å². The number of anilines is 2. The average molecular weight is 340 g/mol. The van der Waals surface area contributed by atoms with Crippen molar-refractivity contribution in [2.24, 2.45) is 0 Å². The van der Waals surface area contributed by atoms with Crippen molar-refractivity contribution in [3.05, 3.63) is 42.1 Å². The molecule has 6 nitrogen and oxygen atoms in total. The Kier molecular flexibility index (Phi) is 5.48. The van der Waals surface area contributed by atoms with Crippen LogP contribution in [0.25, 0.3) is 0 Å². The van der Waals surface area contributed by atoms with Crippen molar-refractivity contribution in [1.29, 1.82) is 0 Å². The number of rotatable bonds is 6. The highest BCUT2D eigenvalue weighted by molar-refractivity contribution is 6.02. The molecule has 3 rings (SSSR count). The molecule has 132 valence electrons. The zero-order valence-corrected chi connectivity index (χ0v) is 14.7. The molecule has 1 amide bonds. The number of nitrogens with one attached hydrogen (secondary N) is 2. The number of benzene rings is 1. The summed E-state index contributed by atoms with van der Waals surface area (Å²) >= 11 is 0. The van der Waals surface area contributed by atoms with Gasteiger partial charge in [-0.25, -0.2) is 0 Å². The second kappa shape index (κ2) is 7.96. The minimum Gasteiger partial charge on any atom is -0.491 e. The number of hydrogen-bond acceptors (Lipinski definition) is 5. The molecular weight excluding hydrogens is 316 g/mol. The van der Waals surface area contributed by atoms with Crippen molar-refractivity contribution < 1.29 is 9.53 Å². The van der Waals surface area contributed by atoms with Crippen LogP contribution in [0.15, 0.2) is 36.4 Å². The lowest BCUT2D eigenvalue weighted by molar-refractivity contribution is 0.102. The molecule has 6 heteroatoms. The maximum Gasteiger partial charge on any atom is 0.276 e. The first-order chi connectivity index (χ1) is 12.1. The third kappa shape index (κ3) is 4.92. The number of carbonyl (C=O) groups is 1. The van der Waals surface area contributed by atoms with Gasteiger partial charge in [0.2, 0.25) is 0 Å². The van der Waals surface area contributed by atoms with Gasteiger partial charge in [-0.1, -0.05) is 12.8 Å². The van der Waals surface area contributed by atoms with Gasteiger partial charge in [0.15, 0.2) is 5.69 Å². The molecule has 0 bridgehead atoms. The maximum absolute atomic E-state index is 12.3. The average Bonchev–Trinajstić information content (AvgIpc) is 3.10. The normalized spacial score (nSPS) is 14.5. The monoisotopic (exact) mass is 340 g/mol. The second-order valence-electron chi connectivity index (χ2n) is 6.57. The topological polar surface area (TPSA) is 76.1 Å². The van der Waals surface area contributed by atoms with Crippen LogP contribution in [-0.2, 0) is 0 Å². The molecule has 1 saturated carbocycles. The highest BCUT2D eigenvalue weighted by Crippen LogP contribution is 2.21. The quantitative estimate of drug-likeness (QED) is 0.835. The van der Waals surface area contributed by atoms with Crippen LogP contribution in [0, 0.1) is 0 Å². The van der Waals surface area contributed by atoms with Crippen molar-refractivity contribution in [2.45, 2.75) is 51.7 Å². The van der Waals surface area contributed by atoms with Gasteiger partial charge < -0.3 is 15.4 Å². The summed E-state index contributed by atoms with van der Waals surface area (Å²) in [5.41, 5.74) is 0.982. The first-order valence-corrected chi connectivity index (χ1v) is 8.78. The number of ether oxygens (including phenoxy) is 1. The lowest BCUT2D eigenvalue weighted by Crippen LogP contribution is -2.18. The smallest absolute Gasteiger partial charge is 0.276 e. The molecule has 1 aliphatic carbocycles. The van der Waals surface area contributed by atoms with Crippen molar-refractivity contribution >= 4 is 17.4 Å². The van der Waals surface area contributed by atoms with E-state index in [1.165, 1.54) is 25.7 Å². The molecule has 1 heterocycles. The Labute approximate surface area is 148 Å². The van der Waals surface area contributed by atoms with E-state index in [-0.39, 0.29) is 12.0 Å². The summed E-state index contributed by atoms with van der Waals surface area (Å²) in [6, 6.07) is 11.2. The van der Waals surface area contributed by atoms with E-state index < -0.39 is 0 Å². The lowest BCUT2D eigenvalue weighted by atomic mass is 10.2. The molecule has 1 fully saturated rings. The van der Waals surface area contributed by atoms with Crippen LogP contribution in [0.3, 0.4) is 0 Å². The fraction of sp³-hybridized carbons (Fsp3) is 0.421. The number of hydrogen-bond donors (Lipinski definition) is 2. The van der Waals surface area contributed by atoms with Crippen molar-refractivity contribution in [2.75, 3.05) is 10.6 Å². The van der Waals surface area contributed by atoms with E-state index in [1.54, 1.807) is 24.3 Å². The predicted molar refractivity (Wildman–Crippen MR) is 98.1 cm³/mol. The van der Waals surface area contributed by atoms with Gasteiger partial charge in [-0.05, 0) is 63.1 Å². The summed E-state index contributed by atoms with van der Waals surface area (Å²) in [4.78, 5) is 12.3. The molecule has 0 radical (unpaired) electrons.